The molecule has 0 spiro atoms. The molecule has 0 aliphatic carbocycles. The van der Waals surface area contributed by atoms with Crippen LogP contribution in [0.2, 0.25) is 0 Å². The van der Waals surface area contributed by atoms with Crippen LogP contribution in [-0.2, 0) is 0 Å². The molecule has 0 unspecified atom stereocenters. The van der Waals surface area contributed by atoms with Gasteiger partial charge in [-0.15, -0.1) is 0 Å². The Morgan fingerprint density at radius 2 is 2.36 bits per heavy atom. The van der Waals surface area contributed by atoms with Gasteiger partial charge in [0.25, 0.3) is 0 Å². The molecule has 1 aliphatic heterocycles. The lowest BCUT2D eigenvalue weighted by Gasteiger charge is -2.17. The molecule has 0 bridgehead atoms. The van der Waals surface area contributed by atoms with E-state index < -0.39 is 0 Å². The molecule has 0 atom stereocenters. The third kappa shape index (κ3) is 1.56. The van der Waals surface area contributed by atoms with Crippen molar-refractivity contribution >= 4 is 11.9 Å². The van der Waals surface area contributed by atoms with Gasteiger partial charge < -0.3 is 4.74 Å². The molecule has 0 aromatic heterocycles. The van der Waals surface area contributed by atoms with E-state index >= 15 is 0 Å². The van der Waals surface area contributed by atoms with Crippen LogP contribution in [0.1, 0.15) is 5.56 Å². The maximum absolute atomic E-state index is 5.16. The van der Waals surface area contributed by atoms with Crippen LogP contribution in [0, 0.1) is 6.92 Å². The molecule has 2 rings (SSSR count). The standard InChI is InChI=1S/C10H13N3O/c1-8-3-4-9(14-2)7-10(8)13-11-5-6-12-13/h3-5,7,12H,6H2,1-2H3. The maximum atomic E-state index is 5.16. The molecule has 0 fully saturated rings. The molecule has 4 nitrogen and oxygen atoms in total. The zero-order chi connectivity index (χ0) is 9.97. The number of hydrogen-bond donors (Lipinski definition) is 1. The van der Waals surface area contributed by atoms with Crippen molar-refractivity contribution in [3.63, 3.8) is 0 Å². The van der Waals surface area contributed by atoms with Gasteiger partial charge in [-0.05, 0) is 18.6 Å². The van der Waals surface area contributed by atoms with Crippen LogP contribution in [0.15, 0.2) is 23.3 Å². The average Bonchev–Trinajstić information content (AvgIpc) is 2.71. The number of nitrogens with zero attached hydrogens (tertiary/aromatic N) is 2. The van der Waals surface area contributed by atoms with E-state index in [2.05, 4.69) is 10.5 Å². The Morgan fingerprint density at radius 1 is 1.50 bits per heavy atom. The summed E-state index contributed by atoms with van der Waals surface area (Å²) in [5.41, 5.74) is 5.31. The van der Waals surface area contributed by atoms with E-state index in [9.17, 15) is 0 Å². The second-order valence-electron chi connectivity index (χ2n) is 3.12. The van der Waals surface area contributed by atoms with Crippen molar-refractivity contribution in [3.8, 4) is 5.75 Å². The predicted molar refractivity (Wildman–Crippen MR) is 56.7 cm³/mol. The Morgan fingerprint density at radius 3 is 3.00 bits per heavy atom. The zero-order valence-electron chi connectivity index (χ0n) is 8.32. The fraction of sp³-hybridized carbons (Fsp3) is 0.300. The van der Waals surface area contributed by atoms with Gasteiger partial charge in [-0.25, -0.2) is 5.43 Å². The first-order chi connectivity index (χ1) is 6.81. The van der Waals surface area contributed by atoms with Crippen molar-refractivity contribution in [2.24, 2.45) is 5.10 Å². The molecular weight excluding hydrogens is 178 g/mol. The highest BCUT2D eigenvalue weighted by Gasteiger charge is 2.11. The molecule has 0 saturated carbocycles. The molecule has 1 heterocycles. The topological polar surface area (TPSA) is 36.9 Å². The second-order valence-corrected chi connectivity index (χ2v) is 3.12. The van der Waals surface area contributed by atoms with E-state index in [1.54, 1.807) is 12.2 Å². The van der Waals surface area contributed by atoms with E-state index in [4.69, 9.17) is 4.74 Å². The highest BCUT2D eigenvalue weighted by molar-refractivity contribution is 5.67. The van der Waals surface area contributed by atoms with Gasteiger partial charge >= 0.3 is 0 Å². The molecule has 0 saturated heterocycles. The molecule has 1 aliphatic rings. The van der Waals surface area contributed by atoms with Crippen molar-refractivity contribution in [1.29, 1.82) is 0 Å². The van der Waals surface area contributed by atoms with Crippen molar-refractivity contribution < 1.29 is 4.74 Å². The summed E-state index contributed by atoms with van der Waals surface area (Å²) in [6.07, 6.45) is 1.83. The average molecular weight is 191 g/mol. The molecule has 1 aromatic carbocycles. The summed E-state index contributed by atoms with van der Waals surface area (Å²) in [7, 11) is 1.66. The van der Waals surface area contributed by atoms with E-state index in [-0.39, 0.29) is 0 Å². The molecule has 4 heteroatoms. The molecule has 14 heavy (non-hydrogen) atoms. The van der Waals surface area contributed by atoms with Gasteiger partial charge in [0.1, 0.15) is 5.75 Å². The normalized spacial score (nSPS) is 14.9. The van der Waals surface area contributed by atoms with Crippen LogP contribution < -0.4 is 15.3 Å². The van der Waals surface area contributed by atoms with Crippen molar-refractivity contribution in [1.82, 2.24) is 5.43 Å². The first kappa shape index (κ1) is 9.02. The Labute approximate surface area is 83.1 Å². The monoisotopic (exact) mass is 191 g/mol. The van der Waals surface area contributed by atoms with Crippen LogP contribution >= 0.6 is 0 Å². The van der Waals surface area contributed by atoms with Crippen LogP contribution in [0.4, 0.5) is 5.69 Å². The lowest BCUT2D eigenvalue weighted by Crippen LogP contribution is -2.28. The zero-order valence-corrected chi connectivity index (χ0v) is 8.32. The van der Waals surface area contributed by atoms with Gasteiger partial charge in [0, 0.05) is 12.3 Å². The Bertz CT molecular complexity index is 362. The van der Waals surface area contributed by atoms with Crippen LogP contribution in [0.3, 0.4) is 0 Å². The summed E-state index contributed by atoms with van der Waals surface area (Å²) in [5, 5.41) is 5.95. The summed E-state index contributed by atoms with van der Waals surface area (Å²) in [6.45, 7) is 2.82. The van der Waals surface area contributed by atoms with E-state index in [0.717, 1.165) is 23.5 Å². The summed E-state index contributed by atoms with van der Waals surface area (Å²) < 4.78 is 5.16. The lowest BCUT2D eigenvalue weighted by molar-refractivity contribution is 0.414. The Hall–Kier alpha value is -1.55. The van der Waals surface area contributed by atoms with Gasteiger partial charge in [-0.3, -0.25) is 0 Å². The summed E-state index contributed by atoms with van der Waals surface area (Å²) >= 11 is 0. The molecule has 1 N–H and O–H groups in total. The van der Waals surface area contributed by atoms with Gasteiger partial charge in [0.2, 0.25) is 0 Å². The maximum Gasteiger partial charge on any atom is 0.121 e. The SMILES string of the molecule is COc1ccc(C)c(N2N=CCN2)c1. The molecule has 0 radical (unpaired) electrons. The van der Waals surface area contributed by atoms with E-state index in [1.165, 1.54) is 0 Å². The number of nitrogens with one attached hydrogen (secondary N) is 1. The minimum absolute atomic E-state index is 0.774. The highest BCUT2D eigenvalue weighted by atomic mass is 16.5. The Balaban J connectivity index is 2.35. The largest absolute Gasteiger partial charge is 0.497 e. The number of rotatable bonds is 2. The van der Waals surface area contributed by atoms with Crippen LogP contribution in [0.5, 0.6) is 5.75 Å². The van der Waals surface area contributed by atoms with Crippen LogP contribution in [0.25, 0.3) is 0 Å². The van der Waals surface area contributed by atoms with Gasteiger partial charge in [0.05, 0.1) is 19.3 Å². The summed E-state index contributed by atoms with van der Waals surface area (Å²) in [6, 6.07) is 5.92. The minimum atomic E-state index is 0.774. The minimum Gasteiger partial charge on any atom is -0.497 e. The molecule has 74 valence electrons. The molecular formula is C10H13N3O. The predicted octanol–water partition coefficient (Wildman–Crippen LogP) is 1.31. The lowest BCUT2D eigenvalue weighted by atomic mass is 10.2. The third-order valence-corrected chi connectivity index (χ3v) is 2.17. The number of hydrogen-bond acceptors (Lipinski definition) is 4. The fourth-order valence-corrected chi connectivity index (χ4v) is 1.38. The highest BCUT2D eigenvalue weighted by Crippen LogP contribution is 2.25. The van der Waals surface area contributed by atoms with E-state index in [1.807, 2.05) is 31.3 Å². The van der Waals surface area contributed by atoms with Gasteiger partial charge in [0.15, 0.2) is 0 Å². The fourth-order valence-electron chi connectivity index (χ4n) is 1.38. The first-order valence-corrected chi connectivity index (χ1v) is 4.52. The quantitative estimate of drug-likeness (QED) is 0.765. The third-order valence-electron chi connectivity index (χ3n) is 2.17. The first-order valence-electron chi connectivity index (χ1n) is 4.52. The number of methoxy groups -OCH3 is 1. The number of hydrazine groups is 1. The Kier molecular flexibility index (Phi) is 2.37. The number of benzene rings is 1. The number of ether oxygens (including phenoxy) is 1. The summed E-state index contributed by atoms with van der Waals surface area (Å²) in [5.74, 6) is 0.842. The summed E-state index contributed by atoms with van der Waals surface area (Å²) in [4.78, 5) is 0. The molecule has 0 amide bonds. The smallest absolute Gasteiger partial charge is 0.121 e. The van der Waals surface area contributed by atoms with Gasteiger partial charge in [-0.2, -0.15) is 10.2 Å². The van der Waals surface area contributed by atoms with E-state index in [0.29, 0.717) is 0 Å². The second kappa shape index (κ2) is 3.67. The van der Waals surface area contributed by atoms with Crippen molar-refractivity contribution in [3.05, 3.63) is 23.8 Å². The molecule has 1 aromatic rings. The van der Waals surface area contributed by atoms with Crippen LogP contribution in [-0.4, -0.2) is 19.9 Å². The number of aryl methyl sites for hydroxylation is 1. The van der Waals surface area contributed by atoms with Crippen molar-refractivity contribution in [2.75, 3.05) is 18.8 Å². The number of anilines is 1. The van der Waals surface area contributed by atoms with Gasteiger partial charge in [-0.1, -0.05) is 6.07 Å². The van der Waals surface area contributed by atoms with Crippen molar-refractivity contribution in [2.45, 2.75) is 6.92 Å². The number of hydrazone groups is 1.